The van der Waals surface area contributed by atoms with Crippen molar-refractivity contribution in [2.24, 2.45) is 0 Å². The zero-order chi connectivity index (χ0) is 24.7. The Labute approximate surface area is 209 Å². The minimum atomic E-state index is -0.579. The lowest BCUT2D eigenvalue weighted by atomic mass is 9.78. The molecule has 0 bridgehead atoms. The third kappa shape index (κ3) is 4.20. The maximum absolute atomic E-state index is 13.1. The zero-order valence-electron chi connectivity index (χ0n) is 21.1. The van der Waals surface area contributed by atoms with Crippen LogP contribution in [0.25, 0.3) is 0 Å². The second kappa shape index (κ2) is 9.07. The molecule has 0 N–H and O–H groups in total. The molecule has 34 heavy (non-hydrogen) atoms. The predicted octanol–water partition coefficient (Wildman–Crippen LogP) is 7.92. The second-order valence-corrected chi connectivity index (χ2v) is 10.8. The van der Waals surface area contributed by atoms with Gasteiger partial charge in [0.05, 0.1) is 5.41 Å². The molecule has 2 aromatic carbocycles. The quantitative estimate of drug-likeness (QED) is 0.412. The number of carbonyl (C=O) groups is 1. The molecule has 0 aromatic heterocycles. The molecule has 0 amide bonds. The molecule has 0 atom stereocenters. The van der Waals surface area contributed by atoms with Gasteiger partial charge in [-0.1, -0.05) is 80.1 Å². The number of nitrogens with zero attached hydrogens (tertiary/aromatic N) is 1. The van der Waals surface area contributed by atoms with Gasteiger partial charge in [0.2, 0.25) is 0 Å². The van der Waals surface area contributed by atoms with Crippen LogP contribution in [0.2, 0.25) is 0 Å². The van der Waals surface area contributed by atoms with Gasteiger partial charge in [-0.2, -0.15) is 0 Å². The van der Waals surface area contributed by atoms with E-state index in [0.29, 0.717) is 0 Å². The number of hydrogen-bond donors (Lipinski definition) is 0. The number of fused-ring (bicyclic) bond motifs is 1. The summed E-state index contributed by atoms with van der Waals surface area (Å²) in [5, 5.41) is 0.769. The predicted molar refractivity (Wildman–Crippen MR) is 145 cm³/mol. The number of ketones is 1. The van der Waals surface area contributed by atoms with Crippen molar-refractivity contribution in [3.63, 3.8) is 0 Å². The Balaban J connectivity index is 1.56. The molecule has 1 aliphatic carbocycles. The van der Waals surface area contributed by atoms with Gasteiger partial charge in [-0.15, -0.1) is 0 Å². The Hall–Kier alpha value is -2.84. The number of allylic oxidation sites excluding steroid dienone is 8. The van der Waals surface area contributed by atoms with Crippen LogP contribution >= 0.6 is 11.6 Å². The van der Waals surface area contributed by atoms with Crippen LogP contribution in [0.5, 0.6) is 0 Å². The van der Waals surface area contributed by atoms with Gasteiger partial charge >= 0.3 is 0 Å². The minimum absolute atomic E-state index is 0.0620. The third-order valence-corrected chi connectivity index (χ3v) is 7.97. The first-order valence-corrected chi connectivity index (χ1v) is 12.3. The molecule has 4 rings (SSSR count). The van der Waals surface area contributed by atoms with Crippen LogP contribution < -0.4 is 4.90 Å². The Morgan fingerprint density at radius 1 is 1.03 bits per heavy atom. The van der Waals surface area contributed by atoms with Gasteiger partial charge in [-0.05, 0) is 79.7 Å². The van der Waals surface area contributed by atoms with Crippen molar-refractivity contribution in [3.05, 3.63) is 111 Å². The normalized spacial score (nSPS) is 20.1. The molecule has 0 spiro atoms. The average molecular weight is 472 g/mol. The van der Waals surface area contributed by atoms with E-state index in [9.17, 15) is 4.79 Å². The van der Waals surface area contributed by atoms with E-state index in [-0.39, 0.29) is 11.2 Å². The van der Waals surface area contributed by atoms with E-state index >= 15 is 0 Å². The summed E-state index contributed by atoms with van der Waals surface area (Å²) < 4.78 is 0. The highest BCUT2D eigenvalue weighted by Crippen LogP contribution is 2.47. The lowest BCUT2D eigenvalue weighted by Gasteiger charge is -2.24. The molecule has 1 heterocycles. The lowest BCUT2D eigenvalue weighted by molar-refractivity contribution is -0.118. The molecule has 176 valence electrons. The summed E-state index contributed by atoms with van der Waals surface area (Å²) in [4.78, 5) is 15.4. The number of halogens is 1. The van der Waals surface area contributed by atoms with Crippen LogP contribution in [0.4, 0.5) is 5.69 Å². The first kappa shape index (κ1) is 24.3. The number of rotatable bonds is 5. The van der Waals surface area contributed by atoms with Gasteiger partial charge in [-0.3, -0.25) is 4.79 Å². The molecule has 2 aliphatic rings. The molecule has 0 saturated carbocycles. The topological polar surface area (TPSA) is 20.3 Å². The van der Waals surface area contributed by atoms with Crippen LogP contribution in [-0.4, -0.2) is 12.8 Å². The summed E-state index contributed by atoms with van der Waals surface area (Å²) in [5.41, 5.74) is 7.56. The van der Waals surface area contributed by atoms with Crippen molar-refractivity contribution in [2.75, 3.05) is 11.9 Å². The highest BCUT2D eigenvalue weighted by molar-refractivity contribution is 6.33. The van der Waals surface area contributed by atoms with E-state index in [1.54, 1.807) is 6.08 Å². The smallest absolute Gasteiger partial charge is 0.165 e. The molecule has 0 unspecified atom stereocenters. The van der Waals surface area contributed by atoms with Crippen molar-refractivity contribution in [1.82, 2.24) is 0 Å². The number of para-hydroxylation sites is 1. The fraction of sp³-hybridized carbons (Fsp3) is 0.323. The van der Waals surface area contributed by atoms with E-state index in [0.717, 1.165) is 40.1 Å². The minimum Gasteiger partial charge on any atom is -0.347 e. The number of benzene rings is 2. The molecule has 2 aromatic rings. The summed E-state index contributed by atoms with van der Waals surface area (Å²) in [5.74, 6) is 0.0883. The van der Waals surface area contributed by atoms with Gasteiger partial charge in [0.25, 0.3) is 0 Å². The van der Waals surface area contributed by atoms with Crippen LogP contribution in [-0.2, 0) is 15.6 Å². The van der Waals surface area contributed by atoms with Crippen molar-refractivity contribution < 1.29 is 4.79 Å². The summed E-state index contributed by atoms with van der Waals surface area (Å²) in [6, 6.07) is 16.7. The Bertz CT molecular complexity index is 1260. The van der Waals surface area contributed by atoms with E-state index in [1.165, 1.54) is 16.9 Å². The molecule has 0 radical (unpaired) electrons. The number of hydrogen-bond acceptors (Lipinski definition) is 2. The molecule has 1 aliphatic heterocycles. The van der Waals surface area contributed by atoms with Crippen molar-refractivity contribution in [3.8, 4) is 0 Å². The van der Waals surface area contributed by atoms with Crippen molar-refractivity contribution in [1.29, 1.82) is 0 Å². The summed E-state index contributed by atoms with van der Waals surface area (Å²) >= 11 is 6.77. The summed E-state index contributed by atoms with van der Waals surface area (Å²) in [6.45, 7) is 10.6. The largest absolute Gasteiger partial charge is 0.347 e. The molecule has 0 fully saturated rings. The van der Waals surface area contributed by atoms with Crippen LogP contribution in [0, 0.1) is 6.92 Å². The fourth-order valence-corrected chi connectivity index (χ4v) is 5.60. The standard InChI is InChI=1S/C31H34ClNO/c1-21-11-7-8-12-24(21)31(4,5)28(34)20-18-23-16-15-22(29(23)32)17-19-27-30(2,3)25-13-9-10-14-26(25)33(27)6/h7-14,17-20H,15-16H2,1-6H3/b20-18+,22-17+,27-19-. The Kier molecular flexibility index (Phi) is 6.48. The van der Waals surface area contributed by atoms with Crippen molar-refractivity contribution in [2.45, 2.75) is 58.3 Å². The van der Waals surface area contributed by atoms with Crippen molar-refractivity contribution >= 4 is 23.1 Å². The SMILES string of the molecule is Cc1ccccc1C(C)(C)C(=O)/C=C/C1=C(Cl)C(=C/C=C2\N(C)c3ccccc3C2(C)C)/CC1. The summed E-state index contributed by atoms with van der Waals surface area (Å²) in [6.07, 6.45) is 9.71. The number of likely N-dealkylation sites (N-methyl/N-ethyl adjacent to an activating group) is 1. The molecule has 0 saturated heterocycles. The van der Waals surface area contributed by atoms with Crippen LogP contribution in [0.3, 0.4) is 0 Å². The first-order chi connectivity index (χ1) is 16.0. The summed E-state index contributed by atoms with van der Waals surface area (Å²) in [7, 11) is 2.12. The maximum atomic E-state index is 13.1. The van der Waals surface area contributed by atoms with Gasteiger partial charge in [0.15, 0.2) is 5.78 Å². The van der Waals surface area contributed by atoms with Crippen LogP contribution in [0.1, 0.15) is 57.2 Å². The maximum Gasteiger partial charge on any atom is 0.165 e. The molecular formula is C31H34ClNO. The van der Waals surface area contributed by atoms with Gasteiger partial charge in [0, 0.05) is 28.9 Å². The number of anilines is 1. The zero-order valence-corrected chi connectivity index (χ0v) is 21.8. The van der Waals surface area contributed by atoms with E-state index in [2.05, 4.69) is 75.2 Å². The second-order valence-electron chi connectivity index (χ2n) is 10.4. The van der Waals surface area contributed by atoms with Gasteiger partial charge in [-0.25, -0.2) is 0 Å². The molecule has 2 nitrogen and oxygen atoms in total. The third-order valence-electron chi connectivity index (χ3n) is 7.48. The number of carbonyl (C=O) groups excluding carboxylic acids is 1. The van der Waals surface area contributed by atoms with Gasteiger partial charge in [0.1, 0.15) is 0 Å². The molecular weight excluding hydrogens is 438 g/mol. The van der Waals surface area contributed by atoms with E-state index in [4.69, 9.17) is 11.6 Å². The Morgan fingerprint density at radius 3 is 2.41 bits per heavy atom. The average Bonchev–Trinajstić information content (AvgIpc) is 3.25. The fourth-order valence-electron chi connectivity index (χ4n) is 5.28. The van der Waals surface area contributed by atoms with Crippen LogP contribution in [0.15, 0.2) is 94.7 Å². The van der Waals surface area contributed by atoms with E-state index < -0.39 is 5.41 Å². The van der Waals surface area contributed by atoms with E-state index in [1.807, 2.05) is 38.1 Å². The highest BCUT2D eigenvalue weighted by atomic mass is 35.5. The lowest BCUT2D eigenvalue weighted by Crippen LogP contribution is -2.28. The first-order valence-electron chi connectivity index (χ1n) is 12.0. The molecule has 3 heteroatoms. The highest BCUT2D eigenvalue weighted by Gasteiger charge is 2.37. The monoisotopic (exact) mass is 471 g/mol. The van der Waals surface area contributed by atoms with Gasteiger partial charge < -0.3 is 4.90 Å². The number of aryl methyl sites for hydroxylation is 1. The Morgan fingerprint density at radius 2 is 1.71 bits per heavy atom.